The first-order valence-electron chi connectivity index (χ1n) is 6.09. The Kier molecular flexibility index (Phi) is 5.50. The van der Waals surface area contributed by atoms with Crippen molar-refractivity contribution in [3.8, 4) is 0 Å². The van der Waals surface area contributed by atoms with E-state index < -0.39 is 0 Å². The molecule has 0 amide bonds. The number of benzene rings is 1. The fraction of sp³-hybridized carbons (Fsp3) is 0.571. The van der Waals surface area contributed by atoms with E-state index in [-0.39, 0.29) is 0 Å². The fourth-order valence-electron chi connectivity index (χ4n) is 1.86. The highest BCUT2D eigenvalue weighted by molar-refractivity contribution is 5.22. The van der Waals surface area contributed by atoms with Gasteiger partial charge in [0.2, 0.25) is 0 Å². The Bertz CT molecular complexity index is 309. The van der Waals surface area contributed by atoms with Gasteiger partial charge < -0.3 is 10.6 Å². The summed E-state index contributed by atoms with van der Waals surface area (Å²) in [6.45, 7) is 6.26. The van der Waals surface area contributed by atoms with Gasteiger partial charge in [-0.1, -0.05) is 29.8 Å². The van der Waals surface area contributed by atoms with E-state index in [2.05, 4.69) is 50.1 Å². The van der Waals surface area contributed by atoms with Gasteiger partial charge in [-0.05, 0) is 45.8 Å². The molecule has 0 heterocycles. The Labute approximate surface area is 99.5 Å². The van der Waals surface area contributed by atoms with Crippen LogP contribution in [0.15, 0.2) is 24.3 Å². The van der Waals surface area contributed by atoms with E-state index in [9.17, 15) is 0 Å². The highest BCUT2D eigenvalue weighted by Crippen LogP contribution is 2.07. The number of aryl methyl sites for hydroxylation is 1. The number of hydrogen-bond acceptors (Lipinski definition) is 2. The van der Waals surface area contributed by atoms with Crippen LogP contribution in [-0.4, -0.2) is 31.1 Å². The molecular formula is C14H24N2. The van der Waals surface area contributed by atoms with Gasteiger partial charge in [-0.25, -0.2) is 0 Å². The van der Waals surface area contributed by atoms with Crippen LogP contribution in [0.2, 0.25) is 0 Å². The predicted octanol–water partition coefficient (Wildman–Crippen LogP) is 2.21. The second-order valence-corrected chi connectivity index (χ2v) is 4.65. The summed E-state index contributed by atoms with van der Waals surface area (Å²) in [5.74, 6) is 0. The standard InChI is InChI=1S/C14H24N2/c1-12-5-4-6-14(11-12)8-10-16(3)13(2)7-9-15/h4-6,11,13H,7-10,15H2,1-3H3. The molecule has 1 aromatic rings. The molecular weight excluding hydrogens is 196 g/mol. The molecule has 0 saturated carbocycles. The molecule has 0 aromatic heterocycles. The van der Waals surface area contributed by atoms with Crippen LogP contribution in [-0.2, 0) is 6.42 Å². The second kappa shape index (κ2) is 6.66. The van der Waals surface area contributed by atoms with E-state index in [4.69, 9.17) is 5.73 Å². The average molecular weight is 220 g/mol. The Hall–Kier alpha value is -0.860. The molecule has 1 aromatic carbocycles. The van der Waals surface area contributed by atoms with E-state index in [1.54, 1.807) is 0 Å². The van der Waals surface area contributed by atoms with Gasteiger partial charge in [0, 0.05) is 12.6 Å². The maximum atomic E-state index is 5.57. The molecule has 0 aliphatic heterocycles. The third kappa shape index (κ3) is 4.33. The summed E-state index contributed by atoms with van der Waals surface area (Å²) in [6.07, 6.45) is 2.19. The third-order valence-corrected chi connectivity index (χ3v) is 3.17. The number of rotatable bonds is 6. The Morgan fingerprint density at radius 1 is 1.38 bits per heavy atom. The first kappa shape index (κ1) is 13.2. The van der Waals surface area contributed by atoms with Gasteiger partial charge >= 0.3 is 0 Å². The fourth-order valence-corrected chi connectivity index (χ4v) is 1.86. The van der Waals surface area contributed by atoms with Gasteiger partial charge in [0.1, 0.15) is 0 Å². The van der Waals surface area contributed by atoms with E-state index in [1.165, 1.54) is 11.1 Å². The SMILES string of the molecule is Cc1cccc(CCN(C)C(C)CCN)c1. The zero-order valence-electron chi connectivity index (χ0n) is 10.7. The molecule has 0 aliphatic rings. The van der Waals surface area contributed by atoms with Gasteiger partial charge in [-0.3, -0.25) is 0 Å². The Morgan fingerprint density at radius 2 is 2.12 bits per heavy atom. The zero-order valence-corrected chi connectivity index (χ0v) is 10.7. The summed E-state index contributed by atoms with van der Waals surface area (Å²) in [4.78, 5) is 2.38. The lowest BCUT2D eigenvalue weighted by atomic mass is 10.1. The number of hydrogen-bond donors (Lipinski definition) is 1. The molecule has 0 aliphatic carbocycles. The Balaban J connectivity index is 2.39. The summed E-state index contributed by atoms with van der Waals surface area (Å²) in [7, 11) is 2.18. The lowest BCUT2D eigenvalue weighted by Crippen LogP contribution is -2.32. The summed E-state index contributed by atoms with van der Waals surface area (Å²) in [6, 6.07) is 9.32. The van der Waals surface area contributed by atoms with Crippen molar-refractivity contribution in [2.45, 2.75) is 32.7 Å². The molecule has 16 heavy (non-hydrogen) atoms. The topological polar surface area (TPSA) is 29.3 Å². The van der Waals surface area contributed by atoms with Crippen LogP contribution in [0.1, 0.15) is 24.5 Å². The molecule has 2 heteroatoms. The van der Waals surface area contributed by atoms with Crippen LogP contribution in [0, 0.1) is 6.92 Å². The summed E-state index contributed by atoms with van der Waals surface area (Å²) < 4.78 is 0. The van der Waals surface area contributed by atoms with Crippen molar-refractivity contribution < 1.29 is 0 Å². The van der Waals surface area contributed by atoms with Crippen molar-refractivity contribution in [1.82, 2.24) is 4.90 Å². The molecule has 1 atom stereocenters. The van der Waals surface area contributed by atoms with Crippen LogP contribution in [0.25, 0.3) is 0 Å². The normalized spacial score (nSPS) is 13.1. The lowest BCUT2D eigenvalue weighted by molar-refractivity contribution is 0.251. The third-order valence-electron chi connectivity index (χ3n) is 3.17. The van der Waals surface area contributed by atoms with Crippen LogP contribution in [0.3, 0.4) is 0 Å². The number of nitrogens with two attached hydrogens (primary N) is 1. The zero-order chi connectivity index (χ0) is 12.0. The van der Waals surface area contributed by atoms with Gasteiger partial charge in [0.25, 0.3) is 0 Å². The minimum absolute atomic E-state index is 0.579. The van der Waals surface area contributed by atoms with Crippen LogP contribution in [0.4, 0.5) is 0 Å². The molecule has 0 spiro atoms. The Morgan fingerprint density at radius 3 is 2.75 bits per heavy atom. The van der Waals surface area contributed by atoms with Crippen molar-refractivity contribution in [1.29, 1.82) is 0 Å². The quantitative estimate of drug-likeness (QED) is 0.796. The maximum Gasteiger partial charge on any atom is 0.00760 e. The molecule has 1 rings (SSSR count). The first-order chi connectivity index (χ1) is 7.63. The summed E-state index contributed by atoms with van der Waals surface area (Å²) in [5, 5.41) is 0. The highest BCUT2D eigenvalue weighted by Gasteiger charge is 2.07. The first-order valence-corrected chi connectivity index (χ1v) is 6.09. The number of nitrogens with zero attached hydrogens (tertiary/aromatic N) is 1. The maximum absolute atomic E-state index is 5.57. The van der Waals surface area contributed by atoms with Crippen LogP contribution >= 0.6 is 0 Å². The smallest absolute Gasteiger partial charge is 0.00760 e. The minimum atomic E-state index is 0.579. The van der Waals surface area contributed by atoms with Gasteiger partial charge in [-0.2, -0.15) is 0 Å². The minimum Gasteiger partial charge on any atom is -0.330 e. The van der Waals surface area contributed by atoms with E-state index in [0.29, 0.717) is 6.04 Å². The van der Waals surface area contributed by atoms with E-state index >= 15 is 0 Å². The van der Waals surface area contributed by atoms with Crippen molar-refractivity contribution >= 4 is 0 Å². The van der Waals surface area contributed by atoms with E-state index in [0.717, 1.165) is 25.9 Å². The average Bonchev–Trinajstić information content (AvgIpc) is 2.26. The summed E-state index contributed by atoms with van der Waals surface area (Å²) in [5.41, 5.74) is 8.33. The summed E-state index contributed by atoms with van der Waals surface area (Å²) >= 11 is 0. The molecule has 0 bridgehead atoms. The van der Waals surface area contributed by atoms with Gasteiger partial charge in [0.15, 0.2) is 0 Å². The van der Waals surface area contributed by atoms with Crippen molar-refractivity contribution in [3.63, 3.8) is 0 Å². The molecule has 2 N–H and O–H groups in total. The largest absolute Gasteiger partial charge is 0.330 e. The highest BCUT2D eigenvalue weighted by atomic mass is 15.1. The molecule has 0 radical (unpaired) electrons. The van der Waals surface area contributed by atoms with Crippen molar-refractivity contribution in [2.24, 2.45) is 5.73 Å². The predicted molar refractivity (Wildman–Crippen MR) is 70.6 cm³/mol. The molecule has 1 unspecified atom stereocenters. The van der Waals surface area contributed by atoms with Gasteiger partial charge in [-0.15, -0.1) is 0 Å². The van der Waals surface area contributed by atoms with Crippen molar-refractivity contribution in [3.05, 3.63) is 35.4 Å². The van der Waals surface area contributed by atoms with Crippen LogP contribution < -0.4 is 5.73 Å². The van der Waals surface area contributed by atoms with E-state index in [1.807, 2.05) is 0 Å². The molecule has 0 fully saturated rings. The molecule has 2 nitrogen and oxygen atoms in total. The van der Waals surface area contributed by atoms with Crippen molar-refractivity contribution in [2.75, 3.05) is 20.1 Å². The lowest BCUT2D eigenvalue weighted by Gasteiger charge is -2.24. The van der Waals surface area contributed by atoms with Crippen LogP contribution in [0.5, 0.6) is 0 Å². The number of likely N-dealkylation sites (N-methyl/N-ethyl adjacent to an activating group) is 1. The monoisotopic (exact) mass is 220 g/mol. The second-order valence-electron chi connectivity index (χ2n) is 4.65. The van der Waals surface area contributed by atoms with Gasteiger partial charge in [0.05, 0.1) is 0 Å². The molecule has 0 saturated heterocycles. The molecule has 90 valence electrons.